The summed E-state index contributed by atoms with van der Waals surface area (Å²) in [6.07, 6.45) is -0.701. The number of amides is 2. The number of nitrogens with one attached hydrogen (secondary N) is 2. The van der Waals surface area contributed by atoms with E-state index in [4.69, 9.17) is 4.74 Å². The average molecular weight is 434 g/mol. The number of carbonyl (C=O) groups is 2. The summed E-state index contributed by atoms with van der Waals surface area (Å²) >= 11 is 2.80. The Morgan fingerprint density at radius 1 is 1.14 bits per heavy atom. The van der Waals surface area contributed by atoms with E-state index in [0.717, 1.165) is 16.6 Å². The van der Waals surface area contributed by atoms with Gasteiger partial charge in [-0.2, -0.15) is 11.3 Å². The maximum Gasteiger partial charge on any atom is 0.412 e. The SMILES string of the molecule is Cc1nc(-c2ccsc2)sc1C(=O)Nc1cc(F)ccc1NC(=O)OC(C)(C)C. The zero-order chi connectivity index (χ0) is 21.2. The zero-order valence-corrected chi connectivity index (χ0v) is 18.0. The summed E-state index contributed by atoms with van der Waals surface area (Å²) in [6.45, 7) is 6.94. The van der Waals surface area contributed by atoms with Gasteiger partial charge in [0.05, 0.1) is 17.1 Å². The Hall–Kier alpha value is -2.78. The molecule has 152 valence electrons. The van der Waals surface area contributed by atoms with Crippen LogP contribution in [0.25, 0.3) is 10.6 Å². The normalized spacial score (nSPS) is 11.2. The first-order valence-corrected chi connectivity index (χ1v) is 10.5. The largest absolute Gasteiger partial charge is 0.444 e. The van der Waals surface area contributed by atoms with Gasteiger partial charge in [0.2, 0.25) is 0 Å². The smallest absolute Gasteiger partial charge is 0.412 e. The van der Waals surface area contributed by atoms with E-state index in [0.29, 0.717) is 10.6 Å². The minimum atomic E-state index is -0.701. The topological polar surface area (TPSA) is 80.3 Å². The van der Waals surface area contributed by atoms with Crippen molar-refractivity contribution in [2.24, 2.45) is 0 Å². The number of hydrogen-bond donors (Lipinski definition) is 2. The van der Waals surface area contributed by atoms with Gasteiger partial charge in [0.15, 0.2) is 0 Å². The van der Waals surface area contributed by atoms with Crippen LogP contribution >= 0.6 is 22.7 Å². The standard InChI is InChI=1S/C20H20FN3O3S2/c1-11-16(29-18(22-11)12-7-8-28-10-12)17(25)23-15-9-13(21)5-6-14(15)24-19(26)27-20(2,3)4/h5-10H,1-4H3,(H,23,25)(H,24,26). The molecule has 0 unspecified atom stereocenters. The minimum absolute atomic E-state index is 0.130. The molecule has 0 fully saturated rings. The molecule has 2 N–H and O–H groups in total. The first-order chi connectivity index (χ1) is 13.6. The summed E-state index contributed by atoms with van der Waals surface area (Å²) in [5, 5.41) is 9.83. The molecule has 3 aromatic rings. The summed E-state index contributed by atoms with van der Waals surface area (Å²) in [7, 11) is 0. The van der Waals surface area contributed by atoms with E-state index in [1.54, 1.807) is 39.0 Å². The number of hydrogen-bond acceptors (Lipinski definition) is 6. The molecule has 0 atom stereocenters. The van der Waals surface area contributed by atoms with E-state index in [2.05, 4.69) is 15.6 Å². The number of benzene rings is 1. The molecule has 2 amide bonds. The summed E-state index contributed by atoms with van der Waals surface area (Å²) < 4.78 is 19.0. The van der Waals surface area contributed by atoms with Gasteiger partial charge >= 0.3 is 6.09 Å². The van der Waals surface area contributed by atoms with Crippen LogP contribution < -0.4 is 10.6 Å². The summed E-state index contributed by atoms with van der Waals surface area (Å²) in [6, 6.07) is 5.63. The number of thiazole rings is 1. The lowest BCUT2D eigenvalue weighted by atomic mass is 10.2. The molecular weight excluding hydrogens is 413 g/mol. The van der Waals surface area contributed by atoms with E-state index in [-0.39, 0.29) is 11.4 Å². The van der Waals surface area contributed by atoms with E-state index in [1.165, 1.54) is 23.5 Å². The lowest BCUT2D eigenvalue weighted by Crippen LogP contribution is -2.27. The Morgan fingerprint density at radius 2 is 1.90 bits per heavy atom. The van der Waals surface area contributed by atoms with E-state index >= 15 is 0 Å². The highest BCUT2D eigenvalue weighted by Gasteiger charge is 2.20. The predicted octanol–water partition coefficient (Wildman–Crippen LogP) is 5.92. The second-order valence-electron chi connectivity index (χ2n) is 7.22. The number of thiophene rings is 1. The number of ether oxygens (including phenoxy) is 1. The Morgan fingerprint density at radius 3 is 2.55 bits per heavy atom. The second-order valence-corrected chi connectivity index (χ2v) is 9.00. The number of rotatable bonds is 4. The molecule has 1 aromatic carbocycles. The second kappa shape index (κ2) is 8.30. The molecule has 2 aromatic heterocycles. The highest BCUT2D eigenvalue weighted by Crippen LogP contribution is 2.31. The van der Waals surface area contributed by atoms with Crippen LogP contribution in [-0.4, -0.2) is 22.6 Å². The van der Waals surface area contributed by atoms with Crippen LogP contribution in [-0.2, 0) is 4.74 Å². The Kier molecular flexibility index (Phi) is 5.99. The van der Waals surface area contributed by atoms with E-state index < -0.39 is 23.4 Å². The number of carbonyl (C=O) groups excluding carboxylic acids is 2. The van der Waals surface area contributed by atoms with Crippen molar-refractivity contribution in [2.45, 2.75) is 33.3 Å². The molecule has 0 spiro atoms. The average Bonchev–Trinajstić information content (AvgIpc) is 3.25. The summed E-state index contributed by atoms with van der Waals surface area (Å²) in [5.41, 5.74) is 1.19. The van der Waals surface area contributed by atoms with Gasteiger partial charge in [0.1, 0.15) is 21.3 Å². The number of anilines is 2. The first-order valence-electron chi connectivity index (χ1n) is 8.73. The lowest BCUT2D eigenvalue weighted by Gasteiger charge is -2.20. The van der Waals surface area contributed by atoms with Crippen molar-refractivity contribution in [3.05, 3.63) is 51.4 Å². The quantitative estimate of drug-likeness (QED) is 0.535. The Bertz CT molecular complexity index is 1040. The zero-order valence-electron chi connectivity index (χ0n) is 16.3. The van der Waals surface area contributed by atoms with Crippen LogP contribution in [0.15, 0.2) is 35.0 Å². The molecule has 0 aliphatic carbocycles. The van der Waals surface area contributed by atoms with Crippen molar-refractivity contribution in [1.29, 1.82) is 0 Å². The minimum Gasteiger partial charge on any atom is -0.444 e. The molecular formula is C20H20FN3O3S2. The van der Waals surface area contributed by atoms with Crippen molar-refractivity contribution in [3.63, 3.8) is 0 Å². The number of halogens is 1. The summed E-state index contributed by atoms with van der Waals surface area (Å²) in [4.78, 5) is 29.7. The number of nitrogens with zero attached hydrogens (tertiary/aromatic N) is 1. The van der Waals surface area contributed by atoms with Gasteiger partial charge in [0, 0.05) is 10.9 Å². The van der Waals surface area contributed by atoms with Gasteiger partial charge in [-0.1, -0.05) is 0 Å². The monoisotopic (exact) mass is 433 g/mol. The third-order valence-electron chi connectivity index (χ3n) is 3.64. The van der Waals surface area contributed by atoms with Crippen molar-refractivity contribution in [2.75, 3.05) is 10.6 Å². The van der Waals surface area contributed by atoms with Crippen LogP contribution in [0.1, 0.15) is 36.1 Å². The molecule has 0 aliphatic rings. The van der Waals surface area contributed by atoms with E-state index in [1.807, 2.05) is 16.8 Å². The van der Waals surface area contributed by atoms with Gasteiger partial charge in [-0.25, -0.2) is 14.2 Å². The molecule has 0 saturated carbocycles. The number of aromatic nitrogens is 1. The summed E-state index contributed by atoms with van der Waals surface area (Å²) in [5.74, 6) is -0.977. The maximum atomic E-state index is 13.8. The Labute approximate surface area is 175 Å². The maximum absolute atomic E-state index is 13.8. The molecule has 0 saturated heterocycles. The van der Waals surface area contributed by atoms with Crippen LogP contribution in [0.4, 0.5) is 20.6 Å². The van der Waals surface area contributed by atoms with Gasteiger partial charge in [-0.05, 0) is 57.3 Å². The van der Waals surface area contributed by atoms with Gasteiger partial charge in [-0.3, -0.25) is 10.1 Å². The third kappa shape index (κ3) is 5.39. The molecule has 2 heterocycles. The fourth-order valence-corrected chi connectivity index (χ4v) is 4.11. The predicted molar refractivity (Wildman–Crippen MR) is 114 cm³/mol. The number of aryl methyl sites for hydroxylation is 1. The fraction of sp³-hybridized carbons (Fsp3) is 0.250. The molecule has 0 aliphatic heterocycles. The molecule has 9 heteroatoms. The first kappa shape index (κ1) is 20.9. The lowest BCUT2D eigenvalue weighted by molar-refractivity contribution is 0.0635. The van der Waals surface area contributed by atoms with Crippen molar-refractivity contribution in [3.8, 4) is 10.6 Å². The Balaban J connectivity index is 1.82. The van der Waals surface area contributed by atoms with Crippen molar-refractivity contribution in [1.82, 2.24) is 4.98 Å². The van der Waals surface area contributed by atoms with Crippen LogP contribution in [0, 0.1) is 12.7 Å². The van der Waals surface area contributed by atoms with Crippen molar-refractivity contribution >= 4 is 46.0 Å². The van der Waals surface area contributed by atoms with Crippen molar-refractivity contribution < 1.29 is 18.7 Å². The van der Waals surface area contributed by atoms with Crippen LogP contribution in [0.5, 0.6) is 0 Å². The third-order valence-corrected chi connectivity index (χ3v) is 5.52. The van der Waals surface area contributed by atoms with Crippen LogP contribution in [0.2, 0.25) is 0 Å². The molecule has 6 nitrogen and oxygen atoms in total. The molecule has 0 radical (unpaired) electrons. The van der Waals surface area contributed by atoms with Gasteiger partial charge < -0.3 is 10.1 Å². The van der Waals surface area contributed by atoms with Gasteiger partial charge in [-0.15, -0.1) is 11.3 Å². The fourth-order valence-electron chi connectivity index (χ4n) is 2.44. The van der Waals surface area contributed by atoms with Gasteiger partial charge in [0.25, 0.3) is 5.91 Å². The van der Waals surface area contributed by atoms with E-state index in [9.17, 15) is 14.0 Å². The molecule has 3 rings (SSSR count). The van der Waals surface area contributed by atoms with Crippen LogP contribution in [0.3, 0.4) is 0 Å². The molecule has 0 bridgehead atoms. The molecule has 29 heavy (non-hydrogen) atoms. The highest BCUT2D eigenvalue weighted by molar-refractivity contribution is 7.17. The highest BCUT2D eigenvalue weighted by atomic mass is 32.1.